The van der Waals surface area contributed by atoms with Crippen molar-refractivity contribution in [1.82, 2.24) is 15.1 Å². The molecule has 2 N–H and O–H groups in total. The van der Waals surface area contributed by atoms with Gasteiger partial charge in [0.05, 0.1) is 35.8 Å². The number of likely N-dealkylation sites (N-methyl/N-ethyl adjacent to an activating group) is 1. The summed E-state index contributed by atoms with van der Waals surface area (Å²) >= 11 is 0. The number of carbonyl (C=O) groups is 4. The summed E-state index contributed by atoms with van der Waals surface area (Å²) in [5.74, 6) is -4.03. The van der Waals surface area contributed by atoms with Crippen LogP contribution in [-0.4, -0.2) is 127 Å². The molecule has 0 aliphatic carbocycles. The zero-order chi connectivity index (χ0) is 41.3. The summed E-state index contributed by atoms with van der Waals surface area (Å²) in [6.07, 6.45) is -4.30. The van der Waals surface area contributed by atoms with E-state index in [2.05, 4.69) is 5.32 Å². The molecule has 15 atom stereocenters. The lowest BCUT2D eigenvalue weighted by Crippen LogP contribution is -2.61. The van der Waals surface area contributed by atoms with Crippen LogP contribution in [0.1, 0.15) is 99.1 Å². The fourth-order valence-corrected chi connectivity index (χ4v) is 9.73. The normalized spacial score (nSPS) is 41.3. The van der Waals surface area contributed by atoms with Crippen molar-refractivity contribution >= 4 is 23.9 Å². The van der Waals surface area contributed by atoms with E-state index in [0.29, 0.717) is 13.0 Å². The molecular formula is C42H65N3O11. The fourth-order valence-electron chi connectivity index (χ4n) is 9.73. The summed E-state index contributed by atoms with van der Waals surface area (Å²) in [6, 6.07) is 8.45. The molecule has 0 unspecified atom stereocenters. The van der Waals surface area contributed by atoms with E-state index in [4.69, 9.17) is 28.4 Å². The first-order valence-corrected chi connectivity index (χ1v) is 20.3. The van der Waals surface area contributed by atoms with Gasteiger partial charge in [0.25, 0.3) is 0 Å². The molecule has 4 aliphatic heterocycles. The smallest absolute Gasteiger partial charge is 0.410 e. The van der Waals surface area contributed by atoms with Crippen molar-refractivity contribution < 1.29 is 52.7 Å². The molecule has 14 heteroatoms. The topological polar surface area (TPSA) is 162 Å². The summed E-state index contributed by atoms with van der Waals surface area (Å²) in [4.78, 5) is 59.7. The number of fused-ring (bicyclic) bond motifs is 1. The Labute approximate surface area is 332 Å². The van der Waals surface area contributed by atoms with Gasteiger partial charge in [0.2, 0.25) is 0 Å². The van der Waals surface area contributed by atoms with Gasteiger partial charge >= 0.3 is 18.2 Å². The molecule has 2 amide bonds. The first-order chi connectivity index (χ1) is 26.4. The lowest BCUT2D eigenvalue weighted by atomic mass is 9.73. The third-order valence-corrected chi connectivity index (χ3v) is 13.0. The van der Waals surface area contributed by atoms with Gasteiger partial charge in [-0.05, 0) is 79.5 Å². The average molecular weight is 788 g/mol. The standard InChI is InChI=1S/C42H65N3O11/c1-12-31-42(8)35(43-39(49)56-42)25(4)32(46)23(2)22-41(7,51-11)36(55-38-33(47)30(44(9)10)21-24(3)52-38)26(5)34(27(6)37(48)53-31)54-40(50)45-20-16-19-29(45)28-17-14-13-15-18-28/h13-15,17-18,23-27,29-31,33-36,38,47H,12,16,19-22H2,1-11H3,(H,43,49)/t23-,24-,25+,26+,27-,29+,30+,31-,33-,34+,35-,36-,38+,41-,42-/m1/s1. The Hall–Kier alpha value is -3.30. The zero-order valence-corrected chi connectivity index (χ0v) is 35.1. The van der Waals surface area contributed by atoms with Crippen LogP contribution in [0.15, 0.2) is 30.3 Å². The molecule has 1 aromatic rings. The predicted octanol–water partition coefficient (Wildman–Crippen LogP) is 5.25. The molecule has 5 rings (SSSR count). The average Bonchev–Trinajstić information content (AvgIpc) is 3.79. The van der Waals surface area contributed by atoms with Crippen LogP contribution in [0.25, 0.3) is 0 Å². The van der Waals surface area contributed by atoms with Crippen LogP contribution < -0.4 is 5.32 Å². The molecule has 0 saturated carbocycles. The number of nitrogens with zero attached hydrogens (tertiary/aromatic N) is 2. The summed E-state index contributed by atoms with van der Waals surface area (Å²) in [7, 11) is 5.30. The summed E-state index contributed by atoms with van der Waals surface area (Å²) in [6.45, 7) is 14.7. The van der Waals surface area contributed by atoms with Crippen molar-refractivity contribution in [1.29, 1.82) is 0 Å². The number of esters is 1. The zero-order valence-electron chi connectivity index (χ0n) is 35.1. The number of hydrogen-bond donors (Lipinski definition) is 2. The van der Waals surface area contributed by atoms with Crippen LogP contribution in [0.2, 0.25) is 0 Å². The molecule has 1 aromatic carbocycles. The molecule has 0 aromatic heterocycles. The number of carbonyl (C=O) groups excluding carboxylic acids is 4. The Kier molecular flexibility index (Phi) is 13.8. The molecule has 314 valence electrons. The molecule has 4 aliphatic rings. The molecule has 4 saturated heterocycles. The van der Waals surface area contributed by atoms with E-state index in [0.717, 1.165) is 18.4 Å². The summed E-state index contributed by atoms with van der Waals surface area (Å²) in [5, 5.41) is 14.5. The Morgan fingerprint density at radius 3 is 2.36 bits per heavy atom. The Bertz CT molecular complexity index is 1550. The largest absolute Gasteiger partial charge is 0.458 e. The van der Waals surface area contributed by atoms with Crippen molar-refractivity contribution in [3.63, 3.8) is 0 Å². The number of ether oxygens (including phenoxy) is 6. The van der Waals surface area contributed by atoms with Crippen LogP contribution in [0.4, 0.5) is 9.59 Å². The molecule has 56 heavy (non-hydrogen) atoms. The van der Waals surface area contributed by atoms with Crippen molar-refractivity contribution in [2.45, 2.75) is 154 Å². The number of aliphatic hydroxyl groups excluding tert-OH is 1. The third-order valence-electron chi connectivity index (χ3n) is 13.0. The second-order valence-corrected chi connectivity index (χ2v) is 17.2. The number of alkyl carbamates (subject to hydrolysis) is 1. The van der Waals surface area contributed by atoms with Gasteiger partial charge in [-0.15, -0.1) is 0 Å². The van der Waals surface area contributed by atoms with Crippen LogP contribution in [0, 0.1) is 23.7 Å². The highest BCUT2D eigenvalue weighted by molar-refractivity contribution is 5.85. The SMILES string of the molecule is CC[C@H]1OC(=O)[C@H](C)[C@@H](OC(=O)N2CCC[C@H]2c2ccccc2)[C@H](C)[C@@H](O[C@@H]2O[C@H](C)C[C@H](N(C)C)[C@H]2O)[C@](C)(OC)C[C@@H](C)C(=O)[C@H](C)[C@H]2NC(=O)O[C@@]21C. The minimum Gasteiger partial charge on any atom is -0.458 e. The number of nitrogens with one attached hydrogen (secondary N) is 1. The number of ketones is 1. The predicted molar refractivity (Wildman–Crippen MR) is 206 cm³/mol. The number of Topliss-reactive ketones (excluding diaryl/α,β-unsaturated/α-hetero) is 1. The second kappa shape index (κ2) is 17.7. The van der Waals surface area contributed by atoms with E-state index in [9.17, 15) is 24.3 Å². The number of methoxy groups -OCH3 is 1. The Morgan fingerprint density at radius 2 is 1.73 bits per heavy atom. The number of amides is 2. The van der Waals surface area contributed by atoms with E-state index < -0.39 is 89.8 Å². The van der Waals surface area contributed by atoms with Gasteiger partial charge in [-0.3, -0.25) is 9.59 Å². The van der Waals surface area contributed by atoms with Crippen LogP contribution in [0.5, 0.6) is 0 Å². The van der Waals surface area contributed by atoms with Crippen molar-refractivity contribution in [3.8, 4) is 0 Å². The van der Waals surface area contributed by atoms with Gasteiger partial charge in [-0.2, -0.15) is 0 Å². The molecular weight excluding hydrogens is 722 g/mol. The molecule has 0 radical (unpaired) electrons. The highest BCUT2D eigenvalue weighted by atomic mass is 16.7. The lowest BCUT2D eigenvalue weighted by Gasteiger charge is -2.48. The fraction of sp³-hybridized carbons (Fsp3) is 0.762. The number of likely N-dealkylation sites (tertiary alicyclic amines) is 1. The number of aliphatic hydroxyl groups is 1. The van der Waals surface area contributed by atoms with Crippen LogP contribution in [-0.2, 0) is 38.0 Å². The quantitative estimate of drug-likeness (QED) is 0.273. The van der Waals surface area contributed by atoms with Crippen LogP contribution >= 0.6 is 0 Å². The third kappa shape index (κ3) is 8.74. The lowest BCUT2D eigenvalue weighted by molar-refractivity contribution is -0.301. The highest BCUT2D eigenvalue weighted by Gasteiger charge is 2.58. The van der Waals surface area contributed by atoms with Gasteiger partial charge in [0, 0.05) is 37.5 Å². The Balaban J connectivity index is 1.61. The van der Waals surface area contributed by atoms with Gasteiger partial charge in [-0.1, -0.05) is 58.0 Å². The first-order valence-electron chi connectivity index (χ1n) is 20.3. The van der Waals surface area contributed by atoms with Gasteiger partial charge in [0.1, 0.15) is 24.1 Å². The van der Waals surface area contributed by atoms with Crippen molar-refractivity contribution in [3.05, 3.63) is 35.9 Å². The maximum atomic E-state index is 14.5. The van der Waals surface area contributed by atoms with Gasteiger partial charge < -0.3 is 48.6 Å². The molecule has 14 nitrogen and oxygen atoms in total. The van der Waals surface area contributed by atoms with E-state index in [1.165, 1.54) is 7.11 Å². The van der Waals surface area contributed by atoms with Crippen LogP contribution in [0.3, 0.4) is 0 Å². The minimum atomic E-state index is -1.37. The van der Waals surface area contributed by atoms with E-state index in [-0.39, 0.29) is 36.8 Å². The molecule has 4 fully saturated rings. The van der Waals surface area contributed by atoms with E-state index in [1.807, 2.05) is 83.9 Å². The number of rotatable bonds is 7. The maximum Gasteiger partial charge on any atom is 0.410 e. The number of cyclic esters (lactones) is 1. The minimum absolute atomic E-state index is 0.147. The van der Waals surface area contributed by atoms with Gasteiger partial charge in [-0.25, -0.2) is 9.59 Å². The Morgan fingerprint density at radius 1 is 1.05 bits per heavy atom. The number of benzene rings is 1. The monoisotopic (exact) mass is 787 g/mol. The molecule has 0 bridgehead atoms. The van der Waals surface area contributed by atoms with E-state index >= 15 is 0 Å². The summed E-state index contributed by atoms with van der Waals surface area (Å²) < 4.78 is 38.0. The highest BCUT2D eigenvalue weighted by Crippen LogP contribution is 2.42. The first kappa shape index (κ1) is 43.8. The number of hydrogen-bond acceptors (Lipinski definition) is 12. The second-order valence-electron chi connectivity index (χ2n) is 17.2. The summed E-state index contributed by atoms with van der Waals surface area (Å²) in [5.41, 5.74) is -1.65. The van der Waals surface area contributed by atoms with Crippen molar-refractivity contribution in [2.75, 3.05) is 27.7 Å². The molecule has 4 heterocycles. The van der Waals surface area contributed by atoms with E-state index in [1.54, 1.807) is 25.7 Å². The maximum absolute atomic E-state index is 14.5. The van der Waals surface area contributed by atoms with Gasteiger partial charge in [0.15, 0.2) is 11.9 Å². The molecule has 0 spiro atoms. The van der Waals surface area contributed by atoms with Crippen molar-refractivity contribution in [2.24, 2.45) is 23.7 Å².